The van der Waals surface area contributed by atoms with Crippen molar-refractivity contribution in [1.29, 1.82) is 0 Å². The van der Waals surface area contributed by atoms with E-state index in [4.69, 9.17) is 5.11 Å². The zero-order chi connectivity index (χ0) is 11.5. The Hall–Kier alpha value is -1.13. The molecule has 0 spiro atoms. The van der Waals surface area contributed by atoms with Crippen LogP contribution in [0.25, 0.3) is 0 Å². The van der Waals surface area contributed by atoms with E-state index >= 15 is 0 Å². The van der Waals surface area contributed by atoms with Gasteiger partial charge in [-0.1, -0.05) is 24.8 Å². The molecule has 0 amide bonds. The molecule has 1 unspecified atom stereocenters. The van der Waals surface area contributed by atoms with Gasteiger partial charge in [0.2, 0.25) is 0 Å². The van der Waals surface area contributed by atoms with Gasteiger partial charge in [0.25, 0.3) is 0 Å². The summed E-state index contributed by atoms with van der Waals surface area (Å²) in [6.07, 6.45) is -0.802. The quantitative estimate of drug-likeness (QED) is 0.789. The third-order valence-corrected chi connectivity index (χ3v) is 3.81. The molecule has 0 aliphatic heterocycles. The summed E-state index contributed by atoms with van der Waals surface area (Å²) in [4.78, 5) is 0.256. The molecule has 1 N–H and O–H groups in total. The number of sulfone groups is 1. The smallest absolute Gasteiger partial charge is 0.182 e. The molecule has 4 heteroatoms. The van der Waals surface area contributed by atoms with Crippen molar-refractivity contribution in [2.75, 3.05) is 5.75 Å². The molecule has 0 heterocycles. The van der Waals surface area contributed by atoms with Crippen LogP contribution in [0.3, 0.4) is 0 Å². The first-order valence-electron chi connectivity index (χ1n) is 4.57. The third-order valence-electron chi connectivity index (χ3n) is 2.07. The van der Waals surface area contributed by atoms with Crippen molar-refractivity contribution in [3.8, 4) is 0 Å². The Bertz CT molecular complexity index is 432. The van der Waals surface area contributed by atoms with Gasteiger partial charge in [-0.2, -0.15) is 0 Å². The summed E-state index contributed by atoms with van der Waals surface area (Å²) >= 11 is 0. The minimum Gasteiger partial charge on any atom is -0.389 e. The molecular formula is C11H14O3S. The van der Waals surface area contributed by atoms with E-state index in [2.05, 4.69) is 6.58 Å². The fourth-order valence-electron chi connectivity index (χ4n) is 1.08. The van der Waals surface area contributed by atoms with E-state index in [1.807, 2.05) is 0 Å². The third kappa shape index (κ3) is 3.18. The number of hydrogen-bond donors (Lipinski definition) is 1. The van der Waals surface area contributed by atoms with Crippen LogP contribution in [0.2, 0.25) is 0 Å². The van der Waals surface area contributed by atoms with Crippen molar-refractivity contribution in [2.24, 2.45) is 0 Å². The lowest BCUT2D eigenvalue weighted by Gasteiger charge is -2.09. The first-order chi connectivity index (χ1) is 6.93. The number of aliphatic hydroxyl groups is 1. The minimum absolute atomic E-state index is 0.214. The first-order valence-corrected chi connectivity index (χ1v) is 6.22. The molecule has 0 saturated heterocycles. The summed E-state index contributed by atoms with van der Waals surface area (Å²) in [7, 11) is -3.36. The summed E-state index contributed by atoms with van der Waals surface area (Å²) in [6, 6.07) is 8.15. The molecule has 0 aliphatic carbocycles. The lowest BCUT2D eigenvalue weighted by atomic mass is 10.2. The van der Waals surface area contributed by atoms with Crippen LogP contribution in [0.15, 0.2) is 47.4 Å². The highest BCUT2D eigenvalue weighted by molar-refractivity contribution is 7.91. The van der Waals surface area contributed by atoms with E-state index in [0.717, 1.165) is 0 Å². The molecule has 15 heavy (non-hydrogen) atoms. The summed E-state index contributed by atoms with van der Waals surface area (Å²) in [5.74, 6) is -0.214. The van der Waals surface area contributed by atoms with Crippen LogP contribution >= 0.6 is 0 Å². The molecule has 1 rings (SSSR count). The Morgan fingerprint density at radius 3 is 2.40 bits per heavy atom. The highest BCUT2D eigenvalue weighted by atomic mass is 32.2. The Kier molecular flexibility index (Phi) is 3.66. The Labute approximate surface area is 90.0 Å². The van der Waals surface area contributed by atoms with Crippen molar-refractivity contribution >= 4 is 9.84 Å². The molecule has 1 aromatic carbocycles. The molecule has 0 saturated carbocycles. The maximum Gasteiger partial charge on any atom is 0.182 e. The fourth-order valence-corrected chi connectivity index (χ4v) is 2.54. The van der Waals surface area contributed by atoms with Crippen molar-refractivity contribution in [3.05, 3.63) is 42.5 Å². The molecule has 0 aliphatic rings. The molecule has 0 fully saturated rings. The predicted molar refractivity (Wildman–Crippen MR) is 59.3 cm³/mol. The molecule has 1 atom stereocenters. The fraction of sp³-hybridized carbons (Fsp3) is 0.273. The Balaban J connectivity index is 2.91. The van der Waals surface area contributed by atoms with E-state index in [0.29, 0.717) is 5.57 Å². The summed E-state index contributed by atoms with van der Waals surface area (Å²) in [6.45, 7) is 5.04. The second-order valence-electron chi connectivity index (χ2n) is 3.41. The average Bonchev–Trinajstić information content (AvgIpc) is 2.18. The van der Waals surface area contributed by atoms with Crippen LogP contribution in [0.5, 0.6) is 0 Å². The van der Waals surface area contributed by atoms with Gasteiger partial charge in [0.1, 0.15) is 0 Å². The largest absolute Gasteiger partial charge is 0.389 e. The number of hydrogen-bond acceptors (Lipinski definition) is 3. The summed E-state index contributed by atoms with van der Waals surface area (Å²) in [5, 5.41) is 9.17. The summed E-state index contributed by atoms with van der Waals surface area (Å²) in [5.41, 5.74) is 0.304. The molecule has 0 aromatic heterocycles. The van der Waals surface area contributed by atoms with Gasteiger partial charge < -0.3 is 5.11 Å². The van der Waals surface area contributed by atoms with Crippen molar-refractivity contribution in [1.82, 2.24) is 0 Å². The standard InChI is InChI=1S/C11H14O3S/c1-9(10(2)12)8-15(13,14)11-6-4-3-5-7-11/h3-7,10,12H,1,8H2,2H3. The lowest BCUT2D eigenvalue weighted by molar-refractivity contribution is 0.232. The number of rotatable bonds is 4. The molecule has 0 bridgehead atoms. The zero-order valence-electron chi connectivity index (χ0n) is 8.55. The molecular weight excluding hydrogens is 212 g/mol. The lowest BCUT2D eigenvalue weighted by Crippen LogP contribution is -2.15. The van der Waals surface area contributed by atoms with Gasteiger partial charge in [0, 0.05) is 0 Å². The van der Waals surface area contributed by atoms with Crippen LogP contribution in [0.4, 0.5) is 0 Å². The van der Waals surface area contributed by atoms with E-state index < -0.39 is 15.9 Å². The highest BCUT2D eigenvalue weighted by Crippen LogP contribution is 2.14. The van der Waals surface area contributed by atoms with Crippen LogP contribution in [-0.4, -0.2) is 25.4 Å². The Morgan fingerprint density at radius 1 is 1.40 bits per heavy atom. The van der Waals surface area contributed by atoms with E-state index in [-0.39, 0.29) is 10.6 Å². The van der Waals surface area contributed by atoms with Crippen molar-refractivity contribution in [2.45, 2.75) is 17.9 Å². The van der Waals surface area contributed by atoms with Crippen molar-refractivity contribution in [3.63, 3.8) is 0 Å². The van der Waals surface area contributed by atoms with E-state index in [1.54, 1.807) is 18.2 Å². The van der Waals surface area contributed by atoms with Gasteiger partial charge in [0.15, 0.2) is 9.84 Å². The van der Waals surface area contributed by atoms with Crippen molar-refractivity contribution < 1.29 is 13.5 Å². The van der Waals surface area contributed by atoms with Gasteiger partial charge in [-0.15, -0.1) is 0 Å². The number of aliphatic hydroxyl groups excluding tert-OH is 1. The Morgan fingerprint density at radius 2 is 1.93 bits per heavy atom. The van der Waals surface area contributed by atoms with Crippen LogP contribution in [0, 0.1) is 0 Å². The normalized spacial score (nSPS) is 13.5. The molecule has 3 nitrogen and oxygen atoms in total. The maximum absolute atomic E-state index is 11.8. The van der Waals surface area contributed by atoms with Crippen LogP contribution < -0.4 is 0 Å². The zero-order valence-corrected chi connectivity index (χ0v) is 9.37. The van der Waals surface area contributed by atoms with Crippen LogP contribution in [-0.2, 0) is 9.84 Å². The van der Waals surface area contributed by atoms with Crippen LogP contribution in [0.1, 0.15) is 6.92 Å². The average molecular weight is 226 g/mol. The summed E-state index contributed by atoms with van der Waals surface area (Å²) < 4.78 is 23.6. The number of benzene rings is 1. The minimum atomic E-state index is -3.36. The van der Waals surface area contributed by atoms with E-state index in [9.17, 15) is 8.42 Å². The first kappa shape index (κ1) is 11.9. The van der Waals surface area contributed by atoms with Gasteiger partial charge in [-0.05, 0) is 24.6 Å². The SMILES string of the molecule is C=C(CS(=O)(=O)c1ccccc1)C(C)O. The molecule has 1 aromatic rings. The topological polar surface area (TPSA) is 54.4 Å². The maximum atomic E-state index is 11.8. The second kappa shape index (κ2) is 4.59. The molecule has 0 radical (unpaired) electrons. The van der Waals surface area contributed by atoms with Gasteiger partial charge >= 0.3 is 0 Å². The molecule has 82 valence electrons. The van der Waals surface area contributed by atoms with Gasteiger partial charge in [-0.25, -0.2) is 8.42 Å². The predicted octanol–water partition coefficient (Wildman–Crippen LogP) is 1.40. The van der Waals surface area contributed by atoms with Gasteiger partial charge in [0.05, 0.1) is 16.8 Å². The highest BCUT2D eigenvalue weighted by Gasteiger charge is 2.17. The monoisotopic (exact) mass is 226 g/mol. The second-order valence-corrected chi connectivity index (χ2v) is 5.40. The van der Waals surface area contributed by atoms with E-state index in [1.165, 1.54) is 19.1 Å². The van der Waals surface area contributed by atoms with Gasteiger partial charge in [-0.3, -0.25) is 0 Å².